The highest BCUT2D eigenvalue weighted by molar-refractivity contribution is 6.34. The zero-order chi connectivity index (χ0) is 15.3. The molecule has 0 aliphatic heterocycles. The quantitative estimate of drug-likeness (QED) is 0.675. The first-order valence-electron chi connectivity index (χ1n) is 6.70. The van der Waals surface area contributed by atoms with E-state index in [9.17, 15) is 9.90 Å². The molecule has 1 aromatic carbocycles. The van der Waals surface area contributed by atoms with Crippen LogP contribution in [0.15, 0.2) is 12.1 Å². The summed E-state index contributed by atoms with van der Waals surface area (Å²) >= 11 is 6.11. The fourth-order valence-corrected chi connectivity index (χ4v) is 2.39. The molecule has 0 radical (unpaired) electrons. The summed E-state index contributed by atoms with van der Waals surface area (Å²) in [6.45, 7) is 8.89. The van der Waals surface area contributed by atoms with E-state index in [-0.39, 0.29) is 11.6 Å². The van der Waals surface area contributed by atoms with Gasteiger partial charge in [-0.1, -0.05) is 25.4 Å². The maximum absolute atomic E-state index is 11.3. The van der Waals surface area contributed by atoms with Gasteiger partial charge in [-0.15, -0.1) is 0 Å². The number of carboxylic acid groups (broad SMARTS) is 1. The molecule has 0 saturated heterocycles. The van der Waals surface area contributed by atoms with Crippen LogP contribution in [0.1, 0.15) is 31.1 Å². The summed E-state index contributed by atoms with van der Waals surface area (Å²) in [5.74, 6) is -1.04. The number of nitrogens with zero attached hydrogens (tertiary/aromatic N) is 1. The van der Waals surface area contributed by atoms with Gasteiger partial charge in [-0.2, -0.15) is 0 Å². The molecule has 0 aromatic heterocycles. The van der Waals surface area contributed by atoms with Crippen LogP contribution < -0.4 is 11.1 Å². The van der Waals surface area contributed by atoms with Crippen molar-refractivity contribution in [2.24, 2.45) is 0 Å². The first-order valence-corrected chi connectivity index (χ1v) is 7.08. The number of hydrogen-bond acceptors (Lipinski definition) is 4. The van der Waals surface area contributed by atoms with Crippen LogP contribution in [-0.4, -0.2) is 41.7 Å². The molecule has 1 aromatic rings. The van der Waals surface area contributed by atoms with Crippen LogP contribution in [0.4, 0.5) is 11.4 Å². The average Bonchev–Trinajstić information content (AvgIpc) is 2.38. The number of nitrogens with two attached hydrogens (primary N) is 1. The Morgan fingerprint density at radius 2 is 2.05 bits per heavy atom. The van der Waals surface area contributed by atoms with Gasteiger partial charge >= 0.3 is 5.97 Å². The van der Waals surface area contributed by atoms with Gasteiger partial charge in [-0.3, -0.25) is 0 Å². The van der Waals surface area contributed by atoms with Crippen molar-refractivity contribution in [2.75, 3.05) is 30.7 Å². The van der Waals surface area contributed by atoms with Gasteiger partial charge in [0.2, 0.25) is 0 Å². The molecule has 0 amide bonds. The van der Waals surface area contributed by atoms with Crippen molar-refractivity contribution < 1.29 is 9.90 Å². The molecule has 0 fully saturated rings. The lowest BCUT2D eigenvalue weighted by molar-refractivity contribution is 0.0698. The molecule has 20 heavy (non-hydrogen) atoms. The lowest BCUT2D eigenvalue weighted by atomic mass is 10.1. The molecule has 1 rings (SSSR count). The second-order valence-corrected chi connectivity index (χ2v) is 5.17. The number of hydrogen-bond donors (Lipinski definition) is 3. The predicted octanol–water partition coefficient (Wildman–Crippen LogP) is 2.76. The second kappa shape index (κ2) is 7.36. The van der Waals surface area contributed by atoms with Crippen LogP contribution >= 0.6 is 11.6 Å². The van der Waals surface area contributed by atoms with Crippen LogP contribution in [0, 0.1) is 0 Å². The topological polar surface area (TPSA) is 78.6 Å². The van der Waals surface area contributed by atoms with Gasteiger partial charge in [0.15, 0.2) is 0 Å². The Morgan fingerprint density at radius 3 is 2.55 bits per heavy atom. The van der Waals surface area contributed by atoms with E-state index in [0.717, 1.165) is 19.6 Å². The summed E-state index contributed by atoms with van der Waals surface area (Å²) in [6, 6.07) is 3.05. The molecule has 0 bridgehead atoms. The smallest absolute Gasteiger partial charge is 0.337 e. The molecule has 0 aliphatic rings. The van der Waals surface area contributed by atoms with E-state index in [2.05, 4.69) is 24.1 Å². The summed E-state index contributed by atoms with van der Waals surface area (Å²) < 4.78 is 0. The maximum atomic E-state index is 11.3. The molecular formula is C14H22ClN3O2. The predicted molar refractivity (Wildman–Crippen MR) is 83.7 cm³/mol. The standard InChI is InChI=1S/C14H22ClN3O2/c1-4-18(5-2)8-9(3)17-13-11(14(19)20)6-10(16)7-12(13)15/h6-7,9,17H,4-5,8,16H2,1-3H3,(H,19,20). The van der Waals surface area contributed by atoms with Gasteiger partial charge < -0.3 is 21.1 Å². The number of nitrogen functional groups attached to an aromatic ring is 1. The molecule has 1 unspecified atom stereocenters. The minimum absolute atomic E-state index is 0.0779. The van der Waals surface area contributed by atoms with Gasteiger partial charge in [-0.05, 0) is 32.1 Å². The van der Waals surface area contributed by atoms with Crippen molar-refractivity contribution in [3.63, 3.8) is 0 Å². The number of anilines is 2. The van der Waals surface area contributed by atoms with Crippen molar-refractivity contribution in [2.45, 2.75) is 26.8 Å². The number of benzene rings is 1. The first kappa shape index (κ1) is 16.6. The number of carbonyl (C=O) groups is 1. The zero-order valence-electron chi connectivity index (χ0n) is 12.1. The van der Waals surface area contributed by atoms with Crippen molar-refractivity contribution in [1.29, 1.82) is 0 Å². The van der Waals surface area contributed by atoms with E-state index in [1.54, 1.807) is 6.07 Å². The third-order valence-corrected chi connectivity index (χ3v) is 3.46. The molecule has 6 heteroatoms. The Labute approximate surface area is 124 Å². The molecular weight excluding hydrogens is 278 g/mol. The highest BCUT2D eigenvalue weighted by Crippen LogP contribution is 2.29. The van der Waals surface area contributed by atoms with Crippen LogP contribution in [0.5, 0.6) is 0 Å². The SMILES string of the molecule is CCN(CC)CC(C)Nc1c(Cl)cc(N)cc1C(=O)O. The van der Waals surface area contributed by atoms with E-state index in [1.807, 2.05) is 6.92 Å². The van der Waals surface area contributed by atoms with Gasteiger partial charge in [-0.25, -0.2) is 4.79 Å². The molecule has 0 heterocycles. The van der Waals surface area contributed by atoms with Crippen LogP contribution in [0.3, 0.4) is 0 Å². The monoisotopic (exact) mass is 299 g/mol. The lowest BCUT2D eigenvalue weighted by Gasteiger charge is -2.25. The van der Waals surface area contributed by atoms with Crippen molar-refractivity contribution in [3.05, 3.63) is 22.7 Å². The number of likely N-dealkylation sites (N-methyl/N-ethyl adjacent to an activating group) is 1. The average molecular weight is 300 g/mol. The second-order valence-electron chi connectivity index (χ2n) is 4.76. The van der Waals surface area contributed by atoms with E-state index in [1.165, 1.54) is 6.07 Å². The van der Waals surface area contributed by atoms with Crippen molar-refractivity contribution in [3.8, 4) is 0 Å². The summed E-state index contributed by atoms with van der Waals surface area (Å²) in [7, 11) is 0. The van der Waals surface area contributed by atoms with Crippen LogP contribution in [0.2, 0.25) is 5.02 Å². The summed E-state index contributed by atoms with van der Waals surface area (Å²) in [6.07, 6.45) is 0. The first-order chi connectivity index (χ1) is 9.38. The summed E-state index contributed by atoms with van der Waals surface area (Å²) in [5.41, 5.74) is 6.50. The highest BCUT2D eigenvalue weighted by Gasteiger charge is 2.17. The van der Waals surface area contributed by atoms with Gasteiger partial charge in [0.25, 0.3) is 0 Å². The van der Waals surface area contributed by atoms with Crippen LogP contribution in [-0.2, 0) is 0 Å². The third-order valence-electron chi connectivity index (χ3n) is 3.16. The number of rotatable bonds is 7. The lowest BCUT2D eigenvalue weighted by Crippen LogP contribution is -2.35. The summed E-state index contributed by atoms with van der Waals surface area (Å²) in [5, 5.41) is 12.7. The fourth-order valence-electron chi connectivity index (χ4n) is 2.10. The fraction of sp³-hybridized carbons (Fsp3) is 0.500. The Hall–Kier alpha value is -1.46. The zero-order valence-corrected chi connectivity index (χ0v) is 12.9. The van der Waals surface area contributed by atoms with E-state index < -0.39 is 5.97 Å². The highest BCUT2D eigenvalue weighted by atomic mass is 35.5. The number of halogens is 1. The Kier molecular flexibility index (Phi) is 6.10. The van der Waals surface area contributed by atoms with Gasteiger partial charge in [0.05, 0.1) is 16.3 Å². The number of aromatic carboxylic acids is 1. The Bertz CT molecular complexity index is 476. The molecule has 0 spiro atoms. The largest absolute Gasteiger partial charge is 0.478 e. The molecule has 1 atom stereocenters. The molecule has 112 valence electrons. The van der Waals surface area contributed by atoms with Crippen molar-refractivity contribution in [1.82, 2.24) is 4.90 Å². The number of carboxylic acids is 1. The minimum Gasteiger partial charge on any atom is -0.478 e. The van der Waals surface area contributed by atoms with Gasteiger partial charge in [0, 0.05) is 18.3 Å². The van der Waals surface area contributed by atoms with E-state index >= 15 is 0 Å². The normalized spacial score (nSPS) is 12.4. The number of nitrogens with one attached hydrogen (secondary N) is 1. The molecule has 0 aliphatic carbocycles. The molecule has 0 saturated carbocycles. The van der Waals surface area contributed by atoms with Gasteiger partial charge in [0.1, 0.15) is 0 Å². The van der Waals surface area contributed by atoms with Crippen LogP contribution in [0.25, 0.3) is 0 Å². The molecule has 5 nitrogen and oxygen atoms in total. The van der Waals surface area contributed by atoms with Crippen molar-refractivity contribution >= 4 is 28.9 Å². The third kappa shape index (κ3) is 4.28. The summed E-state index contributed by atoms with van der Waals surface area (Å²) in [4.78, 5) is 13.5. The minimum atomic E-state index is -1.04. The Morgan fingerprint density at radius 1 is 1.45 bits per heavy atom. The van der Waals surface area contributed by atoms with E-state index in [0.29, 0.717) is 16.4 Å². The maximum Gasteiger partial charge on any atom is 0.337 e. The Balaban J connectivity index is 2.94. The molecule has 4 N–H and O–H groups in total. The van der Waals surface area contributed by atoms with E-state index in [4.69, 9.17) is 17.3 Å².